The number of anilines is 3. The fourth-order valence-corrected chi connectivity index (χ4v) is 5.02. The summed E-state index contributed by atoms with van der Waals surface area (Å²) >= 11 is 0. The Bertz CT molecular complexity index is 1400. The van der Waals surface area contributed by atoms with Crippen molar-refractivity contribution >= 4 is 33.9 Å². The van der Waals surface area contributed by atoms with Crippen LogP contribution in [0.5, 0.6) is 0 Å². The molecule has 0 atom stereocenters. The van der Waals surface area contributed by atoms with E-state index in [1.165, 1.54) is 56.2 Å². The second-order valence-corrected chi connectivity index (χ2v) is 11.4. The Morgan fingerprint density at radius 1 is 0.561 bits per heavy atom. The molecule has 0 aliphatic heterocycles. The van der Waals surface area contributed by atoms with Crippen LogP contribution in [0.4, 0.5) is 17.1 Å². The fraction of sp³-hybridized carbons (Fsp3) is 0.270. The van der Waals surface area contributed by atoms with E-state index >= 15 is 0 Å². The molecule has 0 heterocycles. The van der Waals surface area contributed by atoms with E-state index in [1.54, 1.807) is 0 Å². The Hall–Kier alpha value is -4.31. The van der Waals surface area contributed by atoms with Crippen LogP contribution in [0.15, 0.2) is 109 Å². The molecule has 0 amide bonds. The van der Waals surface area contributed by atoms with E-state index in [1.807, 2.05) is 0 Å². The second-order valence-electron chi connectivity index (χ2n) is 11.4. The molecule has 0 saturated heterocycles. The van der Waals surface area contributed by atoms with Gasteiger partial charge in [-0.2, -0.15) is 0 Å². The highest BCUT2D eigenvalue weighted by Crippen LogP contribution is 2.32. The highest BCUT2D eigenvalue weighted by molar-refractivity contribution is 6.03. The lowest BCUT2D eigenvalue weighted by molar-refractivity contribution is -0.462. The lowest BCUT2D eigenvalue weighted by atomic mass is 9.91. The van der Waals surface area contributed by atoms with E-state index in [0.717, 1.165) is 12.8 Å². The van der Waals surface area contributed by atoms with Crippen molar-refractivity contribution in [2.75, 3.05) is 71.1 Å². The van der Waals surface area contributed by atoms with Gasteiger partial charge in [0.05, 0.1) is 0 Å². The van der Waals surface area contributed by atoms with Crippen LogP contribution in [-0.4, -0.2) is 66.7 Å². The minimum Gasteiger partial charge on any atom is -0.378 e. The quantitative estimate of drug-likeness (QED) is 0.260. The molecule has 0 spiro atoms. The number of nitrogens with zero attached hydrogens (tertiary/aromatic N) is 4. The zero-order chi connectivity index (χ0) is 29.5. The Morgan fingerprint density at radius 2 is 0.951 bits per heavy atom. The van der Waals surface area contributed by atoms with Crippen LogP contribution in [0, 0.1) is 0 Å². The van der Waals surface area contributed by atoms with Gasteiger partial charge in [0.2, 0.25) is 0 Å². The molecule has 3 aromatic rings. The molecule has 212 valence electrons. The summed E-state index contributed by atoms with van der Waals surface area (Å²) in [5, 5.41) is 0. The van der Waals surface area contributed by atoms with Gasteiger partial charge in [-0.05, 0) is 94.8 Å². The molecule has 0 saturated carbocycles. The van der Waals surface area contributed by atoms with Gasteiger partial charge in [-0.25, -0.2) is 4.58 Å². The number of allylic oxidation sites excluding steroid dienone is 7. The highest BCUT2D eigenvalue weighted by atomic mass is 15.1. The number of hydrogen-bond acceptors (Lipinski definition) is 3. The minimum atomic E-state index is 0.931. The van der Waals surface area contributed by atoms with Gasteiger partial charge in [-0.3, -0.25) is 0 Å². The first-order chi connectivity index (χ1) is 19.6. The molecule has 0 bridgehead atoms. The third-order valence-electron chi connectivity index (χ3n) is 7.60. The molecular formula is C37H45N4+. The van der Waals surface area contributed by atoms with Gasteiger partial charge in [0, 0.05) is 71.5 Å². The van der Waals surface area contributed by atoms with Crippen LogP contribution in [0.25, 0.3) is 11.1 Å². The SMILES string of the molecule is CN(C)c1ccc(C(=CCCC(=C2C=CC(=[N+](C)C)C=C2)c2ccc(N(C)C)cc2)c2ccc(N(C)C)cc2)cc1. The first-order valence-electron chi connectivity index (χ1n) is 14.3. The zero-order valence-corrected chi connectivity index (χ0v) is 26.0. The van der Waals surface area contributed by atoms with Gasteiger partial charge < -0.3 is 14.7 Å². The first kappa shape index (κ1) is 29.7. The van der Waals surface area contributed by atoms with E-state index < -0.39 is 0 Å². The fourth-order valence-electron chi connectivity index (χ4n) is 5.02. The standard InChI is InChI=1S/C37H45N4/c1-38(2)32-20-12-28(13-21-32)36(29-14-22-33(23-15-29)39(3)4)10-9-11-37(30-16-24-34(25-17-30)40(5)6)31-18-26-35(27-19-31)41(7)8/h10,12-27H,9,11H2,1-8H3/q+1. The van der Waals surface area contributed by atoms with Crippen LogP contribution >= 0.6 is 0 Å². The molecule has 3 aromatic carbocycles. The van der Waals surface area contributed by atoms with Crippen LogP contribution < -0.4 is 14.7 Å². The highest BCUT2D eigenvalue weighted by Gasteiger charge is 2.13. The topological polar surface area (TPSA) is 12.7 Å². The number of benzene rings is 3. The average Bonchev–Trinajstić information content (AvgIpc) is 2.97. The lowest BCUT2D eigenvalue weighted by Gasteiger charge is -2.17. The Balaban J connectivity index is 1.71. The Labute approximate surface area is 247 Å². The maximum absolute atomic E-state index is 2.41. The molecule has 0 unspecified atom stereocenters. The predicted octanol–water partition coefficient (Wildman–Crippen LogP) is 7.39. The Kier molecular flexibility index (Phi) is 9.67. The summed E-state index contributed by atoms with van der Waals surface area (Å²) in [6.07, 6.45) is 13.2. The van der Waals surface area contributed by atoms with Gasteiger partial charge >= 0.3 is 0 Å². The monoisotopic (exact) mass is 545 g/mol. The molecule has 1 aliphatic rings. The van der Waals surface area contributed by atoms with E-state index in [-0.39, 0.29) is 0 Å². The minimum absolute atomic E-state index is 0.931. The molecule has 0 N–H and O–H groups in total. The van der Waals surface area contributed by atoms with Crippen molar-refractivity contribution in [1.82, 2.24) is 0 Å². The van der Waals surface area contributed by atoms with Crippen molar-refractivity contribution < 1.29 is 4.58 Å². The summed E-state index contributed by atoms with van der Waals surface area (Å²) in [7, 11) is 16.7. The molecule has 0 aromatic heterocycles. The summed E-state index contributed by atoms with van der Waals surface area (Å²) in [5.41, 5.74) is 12.5. The molecule has 1 aliphatic carbocycles. The van der Waals surface area contributed by atoms with Crippen LogP contribution in [0.1, 0.15) is 29.5 Å². The summed E-state index contributed by atoms with van der Waals surface area (Å²) in [6.45, 7) is 0. The third-order valence-corrected chi connectivity index (χ3v) is 7.60. The first-order valence-corrected chi connectivity index (χ1v) is 14.3. The molecule has 0 fully saturated rings. The number of hydrogen-bond donors (Lipinski definition) is 0. The normalized spacial score (nSPS) is 12.3. The molecular weight excluding hydrogens is 500 g/mol. The van der Waals surface area contributed by atoms with E-state index in [0.29, 0.717) is 0 Å². The lowest BCUT2D eigenvalue weighted by Crippen LogP contribution is -2.10. The summed E-state index contributed by atoms with van der Waals surface area (Å²) in [5.74, 6) is 0. The molecule has 0 radical (unpaired) electrons. The molecule has 4 heteroatoms. The third kappa shape index (κ3) is 7.46. The maximum atomic E-state index is 2.41. The zero-order valence-electron chi connectivity index (χ0n) is 26.0. The Morgan fingerprint density at radius 3 is 1.32 bits per heavy atom. The van der Waals surface area contributed by atoms with E-state index in [9.17, 15) is 0 Å². The van der Waals surface area contributed by atoms with Gasteiger partial charge in [-0.15, -0.1) is 0 Å². The predicted molar refractivity (Wildman–Crippen MR) is 181 cm³/mol. The summed E-state index contributed by atoms with van der Waals surface area (Å²) in [4.78, 5) is 6.43. The van der Waals surface area contributed by atoms with Gasteiger partial charge in [0.25, 0.3) is 0 Å². The second kappa shape index (κ2) is 13.4. The van der Waals surface area contributed by atoms with Gasteiger partial charge in [0.1, 0.15) is 14.1 Å². The average molecular weight is 546 g/mol. The van der Waals surface area contributed by atoms with E-state index in [2.05, 4.69) is 179 Å². The molecule has 41 heavy (non-hydrogen) atoms. The largest absolute Gasteiger partial charge is 0.378 e. The number of rotatable bonds is 9. The summed E-state index contributed by atoms with van der Waals surface area (Å²) < 4.78 is 2.15. The maximum Gasteiger partial charge on any atom is 0.199 e. The van der Waals surface area contributed by atoms with Crippen LogP contribution in [0.3, 0.4) is 0 Å². The van der Waals surface area contributed by atoms with E-state index in [4.69, 9.17) is 0 Å². The van der Waals surface area contributed by atoms with Crippen molar-refractivity contribution in [3.05, 3.63) is 125 Å². The summed E-state index contributed by atoms with van der Waals surface area (Å²) in [6, 6.07) is 26.7. The van der Waals surface area contributed by atoms with Crippen molar-refractivity contribution in [3.8, 4) is 0 Å². The van der Waals surface area contributed by atoms with Crippen molar-refractivity contribution in [3.63, 3.8) is 0 Å². The van der Waals surface area contributed by atoms with Crippen molar-refractivity contribution in [1.29, 1.82) is 0 Å². The van der Waals surface area contributed by atoms with Crippen molar-refractivity contribution in [2.45, 2.75) is 12.8 Å². The molecule has 4 rings (SSSR count). The van der Waals surface area contributed by atoms with Crippen LogP contribution in [0.2, 0.25) is 0 Å². The van der Waals surface area contributed by atoms with Crippen molar-refractivity contribution in [2.24, 2.45) is 0 Å². The van der Waals surface area contributed by atoms with Gasteiger partial charge in [-0.1, -0.05) is 42.5 Å². The smallest absolute Gasteiger partial charge is 0.199 e. The van der Waals surface area contributed by atoms with Crippen LogP contribution in [-0.2, 0) is 0 Å². The molecule has 4 nitrogen and oxygen atoms in total. The van der Waals surface area contributed by atoms with Gasteiger partial charge in [0.15, 0.2) is 5.71 Å².